The summed E-state index contributed by atoms with van der Waals surface area (Å²) in [6, 6.07) is 0. The van der Waals surface area contributed by atoms with Gasteiger partial charge in [-0.1, -0.05) is 33.6 Å². The van der Waals surface area contributed by atoms with E-state index in [0.717, 1.165) is 18.4 Å². The summed E-state index contributed by atoms with van der Waals surface area (Å²) in [5.41, 5.74) is 0. The van der Waals surface area contributed by atoms with Crippen molar-refractivity contribution in [2.75, 3.05) is 13.6 Å². The first-order valence-electron chi connectivity index (χ1n) is 4.87. The Kier molecular flexibility index (Phi) is 6.63. The third kappa shape index (κ3) is 5.25. The highest BCUT2D eigenvalue weighted by molar-refractivity contribution is 4.62. The third-order valence-corrected chi connectivity index (χ3v) is 2.57. The molecule has 0 rings (SSSR count). The van der Waals surface area contributed by atoms with Gasteiger partial charge in [0.25, 0.3) is 0 Å². The number of hydrogen-bond donors (Lipinski definition) is 1. The lowest BCUT2D eigenvalue weighted by atomic mass is 9.89. The molecule has 0 saturated heterocycles. The Labute approximate surface area is 71.6 Å². The van der Waals surface area contributed by atoms with Crippen molar-refractivity contribution in [3.8, 4) is 0 Å². The molecule has 0 aliphatic carbocycles. The normalized spacial score (nSPS) is 16.4. The quantitative estimate of drug-likeness (QED) is 0.625. The second-order valence-electron chi connectivity index (χ2n) is 3.64. The van der Waals surface area contributed by atoms with Crippen molar-refractivity contribution in [2.45, 2.75) is 40.0 Å². The summed E-state index contributed by atoms with van der Waals surface area (Å²) in [5, 5.41) is 3.20. The minimum atomic E-state index is 0.877. The summed E-state index contributed by atoms with van der Waals surface area (Å²) >= 11 is 0. The number of nitrogens with one attached hydrogen (secondary N) is 1. The van der Waals surface area contributed by atoms with Crippen LogP contribution in [0.3, 0.4) is 0 Å². The molecule has 0 amide bonds. The summed E-state index contributed by atoms with van der Waals surface area (Å²) < 4.78 is 0. The van der Waals surface area contributed by atoms with Gasteiger partial charge in [-0.3, -0.25) is 0 Å². The molecule has 0 radical (unpaired) electrons. The molecule has 11 heavy (non-hydrogen) atoms. The molecule has 0 spiro atoms. The highest BCUT2D eigenvalue weighted by atomic mass is 14.8. The Morgan fingerprint density at radius 1 is 1.09 bits per heavy atom. The highest BCUT2D eigenvalue weighted by Crippen LogP contribution is 2.18. The van der Waals surface area contributed by atoms with E-state index < -0.39 is 0 Å². The predicted molar refractivity (Wildman–Crippen MR) is 51.8 cm³/mol. The molecule has 1 N–H and O–H groups in total. The fourth-order valence-corrected chi connectivity index (χ4v) is 1.40. The van der Waals surface area contributed by atoms with Gasteiger partial charge < -0.3 is 5.32 Å². The summed E-state index contributed by atoms with van der Waals surface area (Å²) in [6.45, 7) is 8.15. The molecule has 0 aromatic rings. The smallest absolute Gasteiger partial charge is 0.00493 e. The van der Waals surface area contributed by atoms with Crippen LogP contribution in [-0.2, 0) is 0 Å². The van der Waals surface area contributed by atoms with Crippen molar-refractivity contribution in [1.82, 2.24) is 5.32 Å². The molecular weight excluding hydrogens is 134 g/mol. The van der Waals surface area contributed by atoms with Crippen molar-refractivity contribution < 1.29 is 0 Å². The first-order chi connectivity index (χ1) is 5.22. The lowest BCUT2D eigenvalue weighted by molar-refractivity contribution is 0.339. The lowest BCUT2D eigenvalue weighted by Gasteiger charge is -2.18. The van der Waals surface area contributed by atoms with Crippen LogP contribution in [-0.4, -0.2) is 13.6 Å². The van der Waals surface area contributed by atoms with E-state index in [0.29, 0.717) is 0 Å². The van der Waals surface area contributed by atoms with Crippen molar-refractivity contribution in [3.63, 3.8) is 0 Å². The number of hydrogen-bond acceptors (Lipinski definition) is 1. The zero-order valence-electron chi connectivity index (χ0n) is 8.48. The molecule has 0 aromatic heterocycles. The zero-order chi connectivity index (χ0) is 8.69. The fraction of sp³-hybridized carbons (Fsp3) is 1.00. The van der Waals surface area contributed by atoms with Crippen LogP contribution in [0, 0.1) is 11.8 Å². The van der Waals surface area contributed by atoms with Crippen LogP contribution in [0.15, 0.2) is 0 Å². The van der Waals surface area contributed by atoms with Gasteiger partial charge in [-0.05, 0) is 31.8 Å². The molecule has 0 aliphatic rings. The van der Waals surface area contributed by atoms with E-state index in [1.165, 1.54) is 19.3 Å². The molecule has 1 nitrogen and oxygen atoms in total. The third-order valence-electron chi connectivity index (χ3n) is 2.57. The molecule has 1 heteroatoms. The van der Waals surface area contributed by atoms with Crippen molar-refractivity contribution in [3.05, 3.63) is 0 Å². The van der Waals surface area contributed by atoms with Crippen LogP contribution in [0.2, 0.25) is 0 Å². The summed E-state index contributed by atoms with van der Waals surface area (Å²) in [4.78, 5) is 0. The maximum absolute atomic E-state index is 3.20. The van der Waals surface area contributed by atoms with Crippen LogP contribution in [0.5, 0.6) is 0 Å². The van der Waals surface area contributed by atoms with E-state index in [9.17, 15) is 0 Å². The van der Waals surface area contributed by atoms with Crippen LogP contribution in [0.4, 0.5) is 0 Å². The molecule has 2 atom stereocenters. The Morgan fingerprint density at radius 3 is 2.09 bits per heavy atom. The van der Waals surface area contributed by atoms with E-state index in [4.69, 9.17) is 0 Å². The second-order valence-corrected chi connectivity index (χ2v) is 3.64. The molecule has 68 valence electrons. The minimum Gasteiger partial charge on any atom is -0.320 e. The van der Waals surface area contributed by atoms with E-state index in [1.807, 2.05) is 7.05 Å². The second kappa shape index (κ2) is 6.66. The maximum Gasteiger partial charge on any atom is -0.00493 e. The Hall–Kier alpha value is -0.0400. The van der Waals surface area contributed by atoms with Crippen LogP contribution < -0.4 is 5.32 Å². The van der Waals surface area contributed by atoms with Gasteiger partial charge in [0.15, 0.2) is 0 Å². The Morgan fingerprint density at radius 2 is 1.64 bits per heavy atom. The van der Waals surface area contributed by atoms with Gasteiger partial charge in [0.05, 0.1) is 0 Å². The number of rotatable bonds is 6. The van der Waals surface area contributed by atoms with Crippen LogP contribution in [0.25, 0.3) is 0 Å². The van der Waals surface area contributed by atoms with Crippen molar-refractivity contribution in [1.29, 1.82) is 0 Å². The molecule has 0 heterocycles. The van der Waals surface area contributed by atoms with E-state index in [-0.39, 0.29) is 0 Å². The van der Waals surface area contributed by atoms with Crippen molar-refractivity contribution >= 4 is 0 Å². The SMILES string of the molecule is CCCC(C)C(C)CCNC. The van der Waals surface area contributed by atoms with Crippen molar-refractivity contribution in [2.24, 2.45) is 11.8 Å². The standard InChI is InChI=1S/C10H23N/c1-5-6-9(2)10(3)7-8-11-4/h9-11H,5-8H2,1-4H3. The summed E-state index contributed by atoms with van der Waals surface area (Å²) in [7, 11) is 2.03. The van der Waals surface area contributed by atoms with Gasteiger partial charge in [0, 0.05) is 0 Å². The summed E-state index contributed by atoms with van der Waals surface area (Å²) in [5.74, 6) is 1.77. The highest BCUT2D eigenvalue weighted by Gasteiger charge is 2.09. The molecule has 0 saturated carbocycles. The van der Waals surface area contributed by atoms with Crippen LogP contribution >= 0.6 is 0 Å². The van der Waals surface area contributed by atoms with Crippen LogP contribution in [0.1, 0.15) is 40.0 Å². The molecule has 0 aromatic carbocycles. The minimum absolute atomic E-state index is 0.877. The van der Waals surface area contributed by atoms with E-state index >= 15 is 0 Å². The predicted octanol–water partition coefficient (Wildman–Crippen LogP) is 2.67. The lowest BCUT2D eigenvalue weighted by Crippen LogP contribution is -2.16. The van der Waals surface area contributed by atoms with E-state index in [2.05, 4.69) is 26.1 Å². The van der Waals surface area contributed by atoms with Gasteiger partial charge >= 0.3 is 0 Å². The van der Waals surface area contributed by atoms with Gasteiger partial charge in [0.1, 0.15) is 0 Å². The monoisotopic (exact) mass is 157 g/mol. The van der Waals surface area contributed by atoms with Gasteiger partial charge in [-0.25, -0.2) is 0 Å². The topological polar surface area (TPSA) is 12.0 Å². The van der Waals surface area contributed by atoms with Gasteiger partial charge in [-0.2, -0.15) is 0 Å². The zero-order valence-corrected chi connectivity index (χ0v) is 8.48. The Bertz CT molecular complexity index is 80.9. The first-order valence-corrected chi connectivity index (χ1v) is 4.87. The van der Waals surface area contributed by atoms with Gasteiger partial charge in [-0.15, -0.1) is 0 Å². The molecule has 2 unspecified atom stereocenters. The molecule has 0 bridgehead atoms. The summed E-state index contributed by atoms with van der Waals surface area (Å²) in [6.07, 6.45) is 4.02. The maximum atomic E-state index is 3.20. The molecule has 0 aliphatic heterocycles. The van der Waals surface area contributed by atoms with Gasteiger partial charge in [0.2, 0.25) is 0 Å². The van der Waals surface area contributed by atoms with E-state index in [1.54, 1.807) is 0 Å². The fourth-order valence-electron chi connectivity index (χ4n) is 1.40. The molecule has 0 fully saturated rings. The Balaban J connectivity index is 3.38. The average molecular weight is 157 g/mol. The first kappa shape index (κ1) is 11.0. The molecular formula is C10H23N. The largest absolute Gasteiger partial charge is 0.320 e. The average Bonchev–Trinajstić information content (AvgIpc) is 2.00.